The van der Waals surface area contributed by atoms with E-state index in [-0.39, 0.29) is 6.04 Å². The Morgan fingerprint density at radius 3 is 3.05 bits per heavy atom. The second kappa shape index (κ2) is 7.48. The van der Waals surface area contributed by atoms with Crippen molar-refractivity contribution in [3.05, 3.63) is 32.1 Å². The van der Waals surface area contributed by atoms with E-state index in [2.05, 4.69) is 48.7 Å². The van der Waals surface area contributed by atoms with Crippen LogP contribution in [-0.2, 0) is 4.74 Å². The van der Waals surface area contributed by atoms with Gasteiger partial charge in [0.25, 0.3) is 5.89 Å². The average Bonchev–Trinajstić information content (AvgIpc) is 2.91. The van der Waals surface area contributed by atoms with Crippen LogP contribution in [0.1, 0.15) is 25.2 Å². The van der Waals surface area contributed by atoms with Gasteiger partial charge in [0.15, 0.2) is 5.82 Å². The quantitative estimate of drug-likeness (QED) is 0.537. The zero-order valence-electron chi connectivity index (χ0n) is 11.0. The summed E-state index contributed by atoms with van der Waals surface area (Å²) in [5.74, 6) is 0.934. The molecule has 0 saturated heterocycles. The molecule has 1 heterocycles. The molecule has 2 N–H and O–H groups in total. The monoisotopic (exact) mass is 451 g/mol. The lowest BCUT2D eigenvalue weighted by Crippen LogP contribution is -2.18. The smallest absolute Gasteiger partial charge is 0.259 e. The molecule has 0 radical (unpaired) electrons. The zero-order valence-corrected chi connectivity index (χ0v) is 14.7. The van der Waals surface area contributed by atoms with Crippen LogP contribution in [0.5, 0.6) is 0 Å². The van der Waals surface area contributed by atoms with Crippen LogP contribution in [0.15, 0.2) is 27.2 Å². The Bertz CT molecular complexity index is 576. The molecule has 1 atom stereocenters. The van der Waals surface area contributed by atoms with Crippen molar-refractivity contribution in [2.24, 2.45) is 5.73 Å². The fraction of sp³-hybridized carbons (Fsp3) is 0.385. The van der Waals surface area contributed by atoms with Crippen LogP contribution in [0.2, 0.25) is 0 Å². The summed E-state index contributed by atoms with van der Waals surface area (Å²) >= 11 is 5.66. The Morgan fingerprint density at radius 1 is 1.50 bits per heavy atom. The van der Waals surface area contributed by atoms with Crippen LogP contribution in [0.3, 0.4) is 0 Å². The molecule has 108 valence electrons. The summed E-state index contributed by atoms with van der Waals surface area (Å²) in [6, 6.07) is 5.52. The number of halogens is 2. The van der Waals surface area contributed by atoms with Gasteiger partial charge >= 0.3 is 0 Å². The first-order chi connectivity index (χ1) is 9.61. The standard InChI is InChI=1S/C13H15BrIN3O2/c1-2-5-19-7-11(16)12-17-13(20-18-12)9-6-8(14)3-4-10(9)15/h3-4,6,11H,2,5,7,16H2,1H3. The maximum atomic E-state index is 5.97. The molecule has 7 heteroatoms. The summed E-state index contributed by atoms with van der Waals surface area (Å²) < 4.78 is 12.7. The van der Waals surface area contributed by atoms with Crippen LogP contribution in [0, 0.1) is 3.57 Å². The summed E-state index contributed by atoms with van der Waals surface area (Å²) in [6.45, 7) is 3.12. The molecule has 0 fully saturated rings. The lowest BCUT2D eigenvalue weighted by molar-refractivity contribution is 0.119. The maximum Gasteiger partial charge on any atom is 0.259 e. The van der Waals surface area contributed by atoms with E-state index >= 15 is 0 Å². The minimum Gasteiger partial charge on any atom is -0.379 e. The largest absolute Gasteiger partial charge is 0.379 e. The molecule has 0 aliphatic carbocycles. The topological polar surface area (TPSA) is 74.2 Å². The van der Waals surface area contributed by atoms with Gasteiger partial charge in [-0.15, -0.1) is 0 Å². The lowest BCUT2D eigenvalue weighted by atomic mass is 10.2. The number of rotatable bonds is 6. The summed E-state index contributed by atoms with van der Waals surface area (Å²) in [5, 5.41) is 3.93. The Balaban J connectivity index is 2.14. The van der Waals surface area contributed by atoms with Crippen LogP contribution in [-0.4, -0.2) is 23.4 Å². The number of benzene rings is 1. The van der Waals surface area contributed by atoms with Gasteiger partial charge in [-0.3, -0.25) is 0 Å². The van der Waals surface area contributed by atoms with E-state index in [1.165, 1.54) is 0 Å². The molecule has 2 aromatic rings. The Morgan fingerprint density at radius 2 is 2.30 bits per heavy atom. The lowest BCUT2D eigenvalue weighted by Gasteiger charge is -2.06. The molecular weight excluding hydrogens is 437 g/mol. The van der Waals surface area contributed by atoms with Gasteiger partial charge < -0.3 is 15.0 Å². The number of ether oxygens (including phenoxy) is 1. The predicted octanol–water partition coefficient (Wildman–Crippen LogP) is 3.53. The Labute approximate surface area is 139 Å². The van der Waals surface area contributed by atoms with E-state index in [0.29, 0.717) is 24.9 Å². The molecule has 0 aliphatic rings. The highest BCUT2D eigenvalue weighted by Gasteiger charge is 2.17. The average molecular weight is 452 g/mol. The Kier molecular flexibility index (Phi) is 5.94. The van der Waals surface area contributed by atoms with Crippen molar-refractivity contribution in [2.75, 3.05) is 13.2 Å². The minimum atomic E-state index is -0.371. The highest BCUT2D eigenvalue weighted by Crippen LogP contribution is 2.27. The Hall–Kier alpha value is -0.510. The van der Waals surface area contributed by atoms with Crippen molar-refractivity contribution in [1.29, 1.82) is 0 Å². The molecule has 0 spiro atoms. The minimum absolute atomic E-state index is 0.371. The molecule has 0 saturated carbocycles. The van der Waals surface area contributed by atoms with Gasteiger partial charge in [0.05, 0.1) is 18.2 Å². The van der Waals surface area contributed by atoms with Gasteiger partial charge in [-0.2, -0.15) is 4.98 Å². The van der Waals surface area contributed by atoms with E-state index in [4.69, 9.17) is 15.0 Å². The van der Waals surface area contributed by atoms with E-state index < -0.39 is 0 Å². The summed E-state index contributed by atoms with van der Waals surface area (Å²) in [4.78, 5) is 4.35. The molecule has 0 bridgehead atoms. The van der Waals surface area contributed by atoms with E-state index in [1.807, 2.05) is 25.1 Å². The first-order valence-electron chi connectivity index (χ1n) is 6.24. The van der Waals surface area contributed by atoms with Gasteiger partial charge in [0.2, 0.25) is 0 Å². The van der Waals surface area contributed by atoms with E-state index in [0.717, 1.165) is 20.0 Å². The van der Waals surface area contributed by atoms with Gasteiger partial charge in [-0.05, 0) is 47.2 Å². The normalized spacial score (nSPS) is 12.6. The number of hydrogen-bond donors (Lipinski definition) is 1. The highest BCUT2D eigenvalue weighted by atomic mass is 127. The summed E-state index contributed by atoms with van der Waals surface area (Å²) in [6.07, 6.45) is 0.959. The SMILES string of the molecule is CCCOCC(N)c1noc(-c2cc(Br)ccc2I)n1. The number of aromatic nitrogens is 2. The first-order valence-corrected chi connectivity index (χ1v) is 8.11. The van der Waals surface area contributed by atoms with Crippen LogP contribution >= 0.6 is 38.5 Å². The molecule has 1 aromatic carbocycles. The second-order valence-corrected chi connectivity index (χ2v) is 6.34. The third kappa shape index (κ3) is 4.00. The summed E-state index contributed by atoms with van der Waals surface area (Å²) in [7, 11) is 0. The molecular formula is C13H15BrIN3O2. The number of nitrogens with two attached hydrogens (primary N) is 1. The van der Waals surface area contributed by atoms with Crippen LogP contribution < -0.4 is 5.73 Å². The van der Waals surface area contributed by atoms with Crippen molar-refractivity contribution >= 4 is 38.5 Å². The van der Waals surface area contributed by atoms with E-state index in [1.54, 1.807) is 0 Å². The first kappa shape index (κ1) is 15.9. The molecule has 0 amide bonds. The molecule has 0 aliphatic heterocycles. The predicted molar refractivity (Wildman–Crippen MR) is 88.2 cm³/mol. The van der Waals surface area contributed by atoms with Gasteiger partial charge in [0.1, 0.15) is 0 Å². The molecule has 5 nitrogen and oxygen atoms in total. The maximum absolute atomic E-state index is 5.97. The van der Waals surface area contributed by atoms with Crippen molar-refractivity contribution in [3.63, 3.8) is 0 Å². The van der Waals surface area contributed by atoms with Crippen LogP contribution in [0.4, 0.5) is 0 Å². The molecule has 1 unspecified atom stereocenters. The summed E-state index contributed by atoms with van der Waals surface area (Å²) in [5.41, 5.74) is 6.86. The number of hydrogen-bond acceptors (Lipinski definition) is 5. The van der Waals surface area contributed by atoms with Crippen LogP contribution in [0.25, 0.3) is 11.5 Å². The van der Waals surface area contributed by atoms with Crippen molar-refractivity contribution in [1.82, 2.24) is 10.1 Å². The third-order valence-electron chi connectivity index (χ3n) is 2.58. The number of nitrogens with zero attached hydrogens (tertiary/aromatic N) is 2. The van der Waals surface area contributed by atoms with Gasteiger partial charge in [-0.1, -0.05) is 28.0 Å². The van der Waals surface area contributed by atoms with E-state index in [9.17, 15) is 0 Å². The molecule has 20 heavy (non-hydrogen) atoms. The zero-order chi connectivity index (χ0) is 14.5. The van der Waals surface area contributed by atoms with Gasteiger partial charge in [-0.25, -0.2) is 0 Å². The fourth-order valence-electron chi connectivity index (χ4n) is 1.59. The fourth-order valence-corrected chi connectivity index (χ4v) is 2.51. The third-order valence-corrected chi connectivity index (χ3v) is 4.01. The second-order valence-electron chi connectivity index (χ2n) is 4.26. The van der Waals surface area contributed by atoms with Crippen molar-refractivity contribution in [2.45, 2.75) is 19.4 Å². The van der Waals surface area contributed by atoms with Crippen molar-refractivity contribution in [3.8, 4) is 11.5 Å². The van der Waals surface area contributed by atoms with Gasteiger partial charge in [0, 0.05) is 14.6 Å². The van der Waals surface area contributed by atoms with Crippen molar-refractivity contribution < 1.29 is 9.26 Å². The molecule has 2 rings (SSSR count). The molecule has 1 aromatic heterocycles. The highest BCUT2D eigenvalue weighted by molar-refractivity contribution is 14.1.